The molecule has 0 aromatic heterocycles. The van der Waals surface area contributed by atoms with Gasteiger partial charge in [-0.05, 0) is 30.9 Å². The first kappa shape index (κ1) is 10.3. The zero-order chi connectivity index (χ0) is 10.8. The van der Waals surface area contributed by atoms with Gasteiger partial charge < -0.3 is 10.6 Å². The third-order valence-electron chi connectivity index (χ3n) is 3.45. The summed E-state index contributed by atoms with van der Waals surface area (Å²) in [5.41, 5.74) is 9.53. The maximum absolute atomic E-state index is 6.05. The van der Waals surface area contributed by atoms with E-state index >= 15 is 0 Å². The second-order valence-electron chi connectivity index (χ2n) is 4.52. The second-order valence-corrected chi connectivity index (χ2v) is 4.52. The van der Waals surface area contributed by atoms with E-state index in [0.717, 1.165) is 18.2 Å². The molecule has 15 heavy (non-hydrogen) atoms. The second kappa shape index (κ2) is 4.13. The van der Waals surface area contributed by atoms with Gasteiger partial charge in [0.1, 0.15) is 0 Å². The van der Waals surface area contributed by atoms with Gasteiger partial charge in [0.25, 0.3) is 0 Å². The highest BCUT2D eigenvalue weighted by atomic mass is 15.2. The van der Waals surface area contributed by atoms with Crippen LogP contribution >= 0.6 is 0 Å². The fourth-order valence-electron chi connectivity index (χ4n) is 2.48. The molecule has 82 valence electrons. The standard InChI is InChI=1S/C13H20N2/c1-3-11-7-8-15(9-11)13-10(2)5-4-6-12(13)14/h4-6,11H,3,7-9,14H2,1-2H3/t11-/m0/s1. The number of aryl methyl sites for hydroxylation is 1. The molecule has 0 spiro atoms. The van der Waals surface area contributed by atoms with Gasteiger partial charge in [0, 0.05) is 13.1 Å². The van der Waals surface area contributed by atoms with Crippen molar-refractivity contribution >= 4 is 11.4 Å². The van der Waals surface area contributed by atoms with Gasteiger partial charge in [0.15, 0.2) is 0 Å². The van der Waals surface area contributed by atoms with Gasteiger partial charge in [-0.2, -0.15) is 0 Å². The van der Waals surface area contributed by atoms with Crippen molar-refractivity contribution in [3.63, 3.8) is 0 Å². The SMILES string of the molecule is CC[C@H]1CCN(c2c(C)cccc2N)C1. The Kier molecular flexibility index (Phi) is 2.85. The molecule has 1 atom stereocenters. The molecule has 2 N–H and O–H groups in total. The molecule has 2 nitrogen and oxygen atoms in total. The van der Waals surface area contributed by atoms with E-state index in [-0.39, 0.29) is 0 Å². The number of nitrogen functional groups attached to an aromatic ring is 1. The zero-order valence-electron chi connectivity index (χ0n) is 9.66. The largest absolute Gasteiger partial charge is 0.397 e. The maximum atomic E-state index is 6.05. The topological polar surface area (TPSA) is 29.3 Å². The van der Waals surface area contributed by atoms with Gasteiger partial charge in [0.2, 0.25) is 0 Å². The first-order valence-electron chi connectivity index (χ1n) is 5.82. The molecule has 1 aliphatic rings. The Labute approximate surface area is 92.1 Å². The van der Waals surface area contributed by atoms with E-state index in [1.807, 2.05) is 12.1 Å². The highest BCUT2D eigenvalue weighted by molar-refractivity contribution is 5.71. The number of benzene rings is 1. The molecule has 0 saturated carbocycles. The van der Waals surface area contributed by atoms with E-state index in [0.29, 0.717) is 0 Å². The number of rotatable bonds is 2. The fraction of sp³-hybridized carbons (Fsp3) is 0.538. The molecule has 0 radical (unpaired) electrons. The lowest BCUT2D eigenvalue weighted by molar-refractivity contribution is 0.569. The third kappa shape index (κ3) is 1.94. The van der Waals surface area contributed by atoms with Crippen LogP contribution in [0.2, 0.25) is 0 Å². The fourth-order valence-corrected chi connectivity index (χ4v) is 2.48. The Hall–Kier alpha value is -1.18. The van der Waals surface area contributed by atoms with Gasteiger partial charge in [-0.15, -0.1) is 0 Å². The molecule has 1 saturated heterocycles. The molecule has 0 aliphatic carbocycles. The van der Waals surface area contributed by atoms with Gasteiger partial charge in [-0.25, -0.2) is 0 Å². The summed E-state index contributed by atoms with van der Waals surface area (Å²) in [6, 6.07) is 6.17. The van der Waals surface area contributed by atoms with Crippen LogP contribution in [0.3, 0.4) is 0 Å². The predicted molar refractivity (Wildman–Crippen MR) is 66.2 cm³/mol. The lowest BCUT2D eigenvalue weighted by atomic mass is 10.1. The average molecular weight is 204 g/mol. The number of hydrogen-bond acceptors (Lipinski definition) is 2. The van der Waals surface area contributed by atoms with E-state index in [4.69, 9.17) is 5.73 Å². The van der Waals surface area contributed by atoms with Crippen LogP contribution in [-0.2, 0) is 0 Å². The summed E-state index contributed by atoms with van der Waals surface area (Å²) in [5.74, 6) is 0.851. The smallest absolute Gasteiger partial charge is 0.0629 e. The lowest BCUT2D eigenvalue weighted by Gasteiger charge is -2.22. The number of para-hydroxylation sites is 1. The first-order valence-corrected chi connectivity index (χ1v) is 5.82. The monoisotopic (exact) mass is 204 g/mol. The maximum Gasteiger partial charge on any atom is 0.0629 e. The summed E-state index contributed by atoms with van der Waals surface area (Å²) < 4.78 is 0. The van der Waals surface area contributed by atoms with Gasteiger partial charge in [0.05, 0.1) is 11.4 Å². The number of hydrogen-bond donors (Lipinski definition) is 1. The predicted octanol–water partition coefficient (Wildman–Crippen LogP) is 2.81. The van der Waals surface area contributed by atoms with Crippen molar-refractivity contribution in [2.75, 3.05) is 23.7 Å². The van der Waals surface area contributed by atoms with Gasteiger partial charge in [-0.1, -0.05) is 25.5 Å². The zero-order valence-corrected chi connectivity index (χ0v) is 9.66. The Morgan fingerprint density at radius 1 is 1.47 bits per heavy atom. The minimum Gasteiger partial charge on any atom is -0.397 e. The lowest BCUT2D eigenvalue weighted by Crippen LogP contribution is -2.21. The van der Waals surface area contributed by atoms with Crippen LogP contribution < -0.4 is 10.6 Å². The summed E-state index contributed by atoms with van der Waals surface area (Å²) in [6.45, 7) is 6.75. The molecular formula is C13H20N2. The van der Waals surface area contributed by atoms with E-state index < -0.39 is 0 Å². The van der Waals surface area contributed by atoms with Gasteiger partial charge >= 0.3 is 0 Å². The Morgan fingerprint density at radius 2 is 2.27 bits per heavy atom. The van der Waals surface area contributed by atoms with Crippen LogP contribution in [0.4, 0.5) is 11.4 Å². The first-order chi connectivity index (χ1) is 7.22. The molecule has 2 rings (SSSR count). The van der Waals surface area contributed by atoms with E-state index in [9.17, 15) is 0 Å². The Bertz CT molecular complexity index is 326. The highest BCUT2D eigenvalue weighted by Gasteiger charge is 2.23. The summed E-state index contributed by atoms with van der Waals surface area (Å²) in [5, 5.41) is 0. The number of nitrogens with zero attached hydrogens (tertiary/aromatic N) is 1. The van der Waals surface area contributed by atoms with Crippen LogP contribution in [0.5, 0.6) is 0 Å². The normalized spacial score (nSPS) is 20.9. The van der Waals surface area contributed by atoms with Crippen molar-refractivity contribution in [3.05, 3.63) is 23.8 Å². The quantitative estimate of drug-likeness (QED) is 0.751. The van der Waals surface area contributed by atoms with Crippen LogP contribution in [0, 0.1) is 12.8 Å². The third-order valence-corrected chi connectivity index (χ3v) is 3.45. The van der Waals surface area contributed by atoms with Crippen molar-refractivity contribution in [2.45, 2.75) is 26.7 Å². The molecule has 1 fully saturated rings. The Morgan fingerprint density at radius 3 is 2.87 bits per heavy atom. The van der Waals surface area contributed by atoms with Crippen molar-refractivity contribution in [1.82, 2.24) is 0 Å². The molecule has 1 aromatic carbocycles. The molecule has 1 aliphatic heterocycles. The Balaban J connectivity index is 2.23. The molecule has 0 bridgehead atoms. The summed E-state index contributed by atoms with van der Waals surface area (Å²) in [7, 11) is 0. The minimum atomic E-state index is 0.851. The van der Waals surface area contributed by atoms with Crippen LogP contribution in [0.1, 0.15) is 25.3 Å². The van der Waals surface area contributed by atoms with Gasteiger partial charge in [-0.3, -0.25) is 0 Å². The van der Waals surface area contributed by atoms with Crippen molar-refractivity contribution < 1.29 is 0 Å². The molecule has 1 aromatic rings. The number of nitrogens with two attached hydrogens (primary N) is 1. The molecule has 0 amide bonds. The summed E-state index contributed by atoms with van der Waals surface area (Å²) in [4.78, 5) is 2.44. The van der Waals surface area contributed by atoms with Crippen molar-refractivity contribution in [2.24, 2.45) is 5.92 Å². The van der Waals surface area contributed by atoms with Crippen LogP contribution in [0.15, 0.2) is 18.2 Å². The summed E-state index contributed by atoms with van der Waals surface area (Å²) in [6.07, 6.45) is 2.59. The van der Waals surface area contributed by atoms with Crippen LogP contribution in [-0.4, -0.2) is 13.1 Å². The molecular weight excluding hydrogens is 184 g/mol. The van der Waals surface area contributed by atoms with Crippen LogP contribution in [0.25, 0.3) is 0 Å². The molecule has 1 heterocycles. The van der Waals surface area contributed by atoms with Crippen molar-refractivity contribution in [1.29, 1.82) is 0 Å². The number of anilines is 2. The highest BCUT2D eigenvalue weighted by Crippen LogP contribution is 2.32. The molecule has 0 unspecified atom stereocenters. The molecule has 2 heteroatoms. The van der Waals surface area contributed by atoms with E-state index in [2.05, 4.69) is 24.8 Å². The average Bonchev–Trinajstić information content (AvgIpc) is 2.66. The van der Waals surface area contributed by atoms with E-state index in [1.165, 1.54) is 30.6 Å². The minimum absolute atomic E-state index is 0.851. The summed E-state index contributed by atoms with van der Waals surface area (Å²) >= 11 is 0. The van der Waals surface area contributed by atoms with E-state index in [1.54, 1.807) is 0 Å². The van der Waals surface area contributed by atoms with Crippen molar-refractivity contribution in [3.8, 4) is 0 Å².